The lowest BCUT2D eigenvalue weighted by atomic mass is 9.88. The highest BCUT2D eigenvalue weighted by Gasteiger charge is 2.27. The fraction of sp³-hybridized carbons (Fsp3) is 0.455. The molecule has 1 nitrogen and oxygen atoms in total. The Balaban J connectivity index is 2.89. The van der Waals surface area contributed by atoms with Gasteiger partial charge in [-0.2, -0.15) is 0 Å². The van der Waals surface area contributed by atoms with Crippen LogP contribution in [0.2, 0.25) is 0 Å². The third-order valence-electron chi connectivity index (χ3n) is 2.44. The van der Waals surface area contributed by atoms with Crippen LogP contribution in [0.3, 0.4) is 0 Å². The van der Waals surface area contributed by atoms with Crippen LogP contribution >= 0.6 is 0 Å². The van der Waals surface area contributed by atoms with Gasteiger partial charge in [0.05, 0.1) is 0 Å². The van der Waals surface area contributed by atoms with Crippen LogP contribution in [-0.2, 0) is 0 Å². The molecule has 0 aliphatic heterocycles. The summed E-state index contributed by atoms with van der Waals surface area (Å²) < 4.78 is 25.5. The monoisotopic (exact) mass is 199 g/mol. The lowest BCUT2D eigenvalue weighted by molar-refractivity contribution is 0.0912. The van der Waals surface area contributed by atoms with Gasteiger partial charge in [-0.05, 0) is 18.0 Å². The lowest BCUT2D eigenvalue weighted by Crippen LogP contribution is -2.24. The van der Waals surface area contributed by atoms with Gasteiger partial charge in [0.25, 0.3) is 0 Å². The quantitative estimate of drug-likeness (QED) is 0.792. The second-order valence-corrected chi connectivity index (χ2v) is 3.48. The Morgan fingerprint density at radius 3 is 2.21 bits per heavy atom. The number of hydrogen-bond donors (Lipinski definition) is 1. The molecule has 0 saturated carbocycles. The van der Waals surface area contributed by atoms with Crippen LogP contribution in [0.4, 0.5) is 8.78 Å². The van der Waals surface area contributed by atoms with E-state index in [-0.39, 0.29) is 12.5 Å². The first kappa shape index (κ1) is 11.1. The van der Waals surface area contributed by atoms with Crippen molar-refractivity contribution < 1.29 is 8.78 Å². The molecule has 0 heterocycles. The van der Waals surface area contributed by atoms with Gasteiger partial charge in [-0.3, -0.25) is 0 Å². The number of alkyl halides is 2. The summed E-state index contributed by atoms with van der Waals surface area (Å²) in [5.41, 5.74) is 6.08. The fourth-order valence-corrected chi connectivity index (χ4v) is 1.54. The number of halogens is 2. The molecule has 2 atom stereocenters. The van der Waals surface area contributed by atoms with Crippen LogP contribution in [0.15, 0.2) is 30.3 Å². The van der Waals surface area contributed by atoms with E-state index < -0.39 is 12.3 Å². The molecule has 0 saturated heterocycles. The summed E-state index contributed by atoms with van der Waals surface area (Å²) in [6.45, 7) is 2.04. The summed E-state index contributed by atoms with van der Waals surface area (Å²) in [7, 11) is 0. The largest absolute Gasteiger partial charge is 0.330 e. The summed E-state index contributed by atoms with van der Waals surface area (Å²) >= 11 is 0. The Morgan fingerprint density at radius 1 is 1.21 bits per heavy atom. The summed E-state index contributed by atoms with van der Waals surface area (Å²) in [5, 5.41) is 0. The summed E-state index contributed by atoms with van der Waals surface area (Å²) in [4.78, 5) is 0. The second kappa shape index (κ2) is 5.05. The third-order valence-corrected chi connectivity index (χ3v) is 2.44. The van der Waals surface area contributed by atoms with Gasteiger partial charge in [0, 0.05) is 5.92 Å². The van der Waals surface area contributed by atoms with Gasteiger partial charge in [0.15, 0.2) is 0 Å². The summed E-state index contributed by atoms with van der Waals surface area (Å²) in [6, 6.07) is 8.81. The van der Waals surface area contributed by atoms with Crippen molar-refractivity contribution in [3.05, 3.63) is 35.9 Å². The SMILES string of the molecule is CC(CN)C(c1ccccc1)C(F)F. The molecular weight excluding hydrogens is 184 g/mol. The highest BCUT2D eigenvalue weighted by atomic mass is 19.3. The van der Waals surface area contributed by atoms with Crippen molar-refractivity contribution in [1.82, 2.24) is 0 Å². The molecule has 0 spiro atoms. The minimum atomic E-state index is -2.35. The number of nitrogens with two attached hydrogens (primary N) is 1. The molecule has 0 aliphatic rings. The minimum absolute atomic E-state index is 0.197. The third kappa shape index (κ3) is 2.51. The number of hydrogen-bond acceptors (Lipinski definition) is 1. The lowest BCUT2D eigenvalue weighted by Gasteiger charge is -2.22. The van der Waals surface area contributed by atoms with Crippen molar-refractivity contribution in [3.8, 4) is 0 Å². The van der Waals surface area contributed by atoms with Crippen LogP contribution in [0.25, 0.3) is 0 Å². The molecule has 1 rings (SSSR count). The molecule has 1 aromatic carbocycles. The average molecular weight is 199 g/mol. The molecule has 0 aromatic heterocycles. The van der Waals surface area contributed by atoms with E-state index in [9.17, 15) is 8.78 Å². The van der Waals surface area contributed by atoms with Crippen molar-refractivity contribution in [1.29, 1.82) is 0 Å². The molecule has 0 fully saturated rings. The maximum Gasteiger partial charge on any atom is 0.245 e. The van der Waals surface area contributed by atoms with Crippen LogP contribution in [0, 0.1) is 5.92 Å². The molecule has 78 valence electrons. The van der Waals surface area contributed by atoms with Crippen molar-refractivity contribution in [2.75, 3.05) is 6.54 Å². The predicted octanol–water partition coefficient (Wildman–Crippen LogP) is 2.63. The summed E-state index contributed by atoms with van der Waals surface area (Å²) in [5.74, 6) is -0.946. The first-order valence-corrected chi connectivity index (χ1v) is 4.70. The Bertz CT molecular complexity index is 261. The van der Waals surface area contributed by atoms with E-state index in [2.05, 4.69) is 0 Å². The van der Waals surface area contributed by atoms with Crippen molar-refractivity contribution in [2.24, 2.45) is 11.7 Å². The van der Waals surface area contributed by atoms with Gasteiger partial charge in [0.1, 0.15) is 0 Å². The average Bonchev–Trinajstić information content (AvgIpc) is 2.19. The van der Waals surface area contributed by atoms with Crippen molar-refractivity contribution >= 4 is 0 Å². The topological polar surface area (TPSA) is 26.0 Å². The first-order valence-electron chi connectivity index (χ1n) is 4.70. The van der Waals surface area contributed by atoms with Gasteiger partial charge in [-0.15, -0.1) is 0 Å². The zero-order valence-electron chi connectivity index (χ0n) is 8.16. The van der Waals surface area contributed by atoms with E-state index in [1.807, 2.05) is 6.07 Å². The van der Waals surface area contributed by atoms with Crippen molar-refractivity contribution in [2.45, 2.75) is 19.3 Å². The molecule has 0 radical (unpaired) electrons. The van der Waals surface area contributed by atoms with Crippen LogP contribution in [-0.4, -0.2) is 13.0 Å². The maximum absolute atomic E-state index is 12.8. The van der Waals surface area contributed by atoms with Gasteiger partial charge in [0.2, 0.25) is 6.43 Å². The van der Waals surface area contributed by atoms with Gasteiger partial charge in [-0.1, -0.05) is 37.3 Å². The second-order valence-electron chi connectivity index (χ2n) is 3.48. The normalized spacial score (nSPS) is 15.5. The van der Waals surface area contributed by atoms with Crippen LogP contribution < -0.4 is 5.73 Å². The molecule has 0 bridgehead atoms. The Labute approximate surface area is 82.9 Å². The Kier molecular flexibility index (Phi) is 4.01. The smallest absolute Gasteiger partial charge is 0.245 e. The van der Waals surface area contributed by atoms with E-state index >= 15 is 0 Å². The number of benzene rings is 1. The molecule has 0 aliphatic carbocycles. The molecule has 3 heteroatoms. The van der Waals surface area contributed by atoms with E-state index in [1.165, 1.54) is 0 Å². The minimum Gasteiger partial charge on any atom is -0.330 e. The van der Waals surface area contributed by atoms with Crippen LogP contribution in [0.5, 0.6) is 0 Å². The van der Waals surface area contributed by atoms with E-state index in [1.54, 1.807) is 31.2 Å². The number of rotatable bonds is 4. The molecule has 14 heavy (non-hydrogen) atoms. The van der Waals surface area contributed by atoms with Crippen LogP contribution in [0.1, 0.15) is 18.4 Å². The highest BCUT2D eigenvalue weighted by molar-refractivity contribution is 5.20. The molecular formula is C11H15F2N. The Morgan fingerprint density at radius 2 is 1.79 bits per heavy atom. The zero-order chi connectivity index (χ0) is 10.6. The highest BCUT2D eigenvalue weighted by Crippen LogP contribution is 2.30. The van der Waals surface area contributed by atoms with E-state index in [4.69, 9.17) is 5.73 Å². The predicted molar refractivity (Wildman–Crippen MR) is 53.4 cm³/mol. The summed E-state index contributed by atoms with van der Waals surface area (Å²) in [6.07, 6.45) is -2.35. The van der Waals surface area contributed by atoms with Gasteiger partial charge < -0.3 is 5.73 Å². The van der Waals surface area contributed by atoms with E-state index in [0.29, 0.717) is 5.56 Å². The molecule has 1 aromatic rings. The first-order chi connectivity index (χ1) is 6.66. The standard InChI is InChI=1S/C11H15F2N/c1-8(7-14)10(11(12)13)9-5-3-2-4-6-9/h2-6,8,10-11H,7,14H2,1H3. The molecule has 2 unspecified atom stereocenters. The van der Waals surface area contributed by atoms with Gasteiger partial charge >= 0.3 is 0 Å². The Hall–Kier alpha value is -0.960. The zero-order valence-corrected chi connectivity index (χ0v) is 8.16. The molecule has 0 amide bonds. The van der Waals surface area contributed by atoms with Gasteiger partial charge in [-0.25, -0.2) is 8.78 Å². The van der Waals surface area contributed by atoms with Crippen molar-refractivity contribution in [3.63, 3.8) is 0 Å². The maximum atomic E-state index is 12.8. The molecule has 2 N–H and O–H groups in total. The van der Waals surface area contributed by atoms with E-state index in [0.717, 1.165) is 0 Å². The fourth-order valence-electron chi connectivity index (χ4n) is 1.54.